The van der Waals surface area contributed by atoms with Crippen molar-refractivity contribution in [2.45, 2.75) is 19.0 Å². The molecule has 0 aromatic rings. The minimum atomic E-state index is -1.54. The first-order chi connectivity index (χ1) is 4.77. The molecule has 0 aromatic carbocycles. The van der Waals surface area contributed by atoms with Gasteiger partial charge in [0.2, 0.25) is 0 Å². The summed E-state index contributed by atoms with van der Waals surface area (Å²) in [6, 6.07) is 0.900. The molecule has 62 valence electrons. The van der Waals surface area contributed by atoms with Crippen molar-refractivity contribution < 1.29 is 56.2 Å². The maximum Gasteiger partial charge on any atom is 1.00 e. The summed E-state index contributed by atoms with van der Waals surface area (Å²) in [5, 5.41) is 3.15. The van der Waals surface area contributed by atoms with Gasteiger partial charge in [0, 0.05) is 13.1 Å². The predicted octanol–water partition coefficient (Wildman–Crippen LogP) is -4.36. The van der Waals surface area contributed by atoms with Gasteiger partial charge in [-0.3, -0.25) is 0 Å². The average Bonchev–Trinajstić information content (AvgIpc) is 1.87. The van der Waals surface area contributed by atoms with Crippen LogP contribution in [0, 0.1) is 0 Å². The SMILES string of the molecule is C[SiH]([O-])CCCNCCN.[K+]. The van der Waals surface area contributed by atoms with Crippen LogP contribution in [0.25, 0.3) is 0 Å². The van der Waals surface area contributed by atoms with E-state index in [4.69, 9.17) is 5.73 Å². The third-order valence-corrected chi connectivity index (χ3v) is 2.51. The largest absolute Gasteiger partial charge is 1.00 e. The summed E-state index contributed by atoms with van der Waals surface area (Å²) in [6.07, 6.45) is 1.02. The van der Waals surface area contributed by atoms with E-state index >= 15 is 0 Å². The fourth-order valence-corrected chi connectivity index (χ4v) is 1.52. The van der Waals surface area contributed by atoms with Gasteiger partial charge in [-0.25, -0.2) is 0 Å². The second-order valence-corrected chi connectivity index (χ2v) is 4.69. The summed E-state index contributed by atoms with van der Waals surface area (Å²) in [7, 11) is -1.54. The summed E-state index contributed by atoms with van der Waals surface area (Å²) >= 11 is 0. The Labute approximate surface area is 113 Å². The van der Waals surface area contributed by atoms with Crippen molar-refractivity contribution >= 4 is 9.04 Å². The third-order valence-electron chi connectivity index (χ3n) is 1.29. The zero-order valence-corrected chi connectivity index (χ0v) is 11.9. The molecule has 0 amide bonds. The molecule has 0 saturated heterocycles. The molecule has 0 heterocycles. The van der Waals surface area contributed by atoms with Gasteiger partial charge in [0.15, 0.2) is 0 Å². The normalized spacial score (nSPS) is 12.3. The zero-order valence-electron chi connectivity index (χ0n) is 7.60. The predicted molar refractivity (Wildman–Crippen MR) is 44.4 cm³/mol. The molecular weight excluding hydrogens is 183 g/mol. The van der Waals surface area contributed by atoms with Crippen LogP contribution in [0.2, 0.25) is 12.6 Å². The second-order valence-electron chi connectivity index (χ2n) is 2.49. The van der Waals surface area contributed by atoms with Crippen LogP contribution in [0.15, 0.2) is 0 Å². The van der Waals surface area contributed by atoms with Gasteiger partial charge in [-0.15, -0.1) is 0 Å². The van der Waals surface area contributed by atoms with E-state index in [1.165, 1.54) is 0 Å². The van der Waals surface area contributed by atoms with Crippen LogP contribution < -0.4 is 67.2 Å². The van der Waals surface area contributed by atoms with E-state index in [9.17, 15) is 4.80 Å². The first-order valence-electron chi connectivity index (χ1n) is 3.84. The van der Waals surface area contributed by atoms with Crippen molar-refractivity contribution in [2.24, 2.45) is 5.73 Å². The molecule has 1 unspecified atom stereocenters. The summed E-state index contributed by atoms with van der Waals surface area (Å²) in [5.74, 6) is 0. The number of hydrogen-bond donors (Lipinski definition) is 2. The van der Waals surface area contributed by atoms with E-state index in [1.54, 1.807) is 0 Å². The molecule has 0 radical (unpaired) electrons. The quantitative estimate of drug-likeness (QED) is 0.336. The van der Waals surface area contributed by atoms with E-state index in [2.05, 4.69) is 5.32 Å². The molecule has 1 atom stereocenters. The average molecular weight is 200 g/mol. The molecule has 3 N–H and O–H groups in total. The maximum absolute atomic E-state index is 10.6. The molecule has 5 heteroatoms. The molecular formula is C6H17KN2OSi. The number of nitrogens with two attached hydrogens (primary N) is 1. The molecule has 0 aliphatic carbocycles. The Balaban J connectivity index is 0. The number of nitrogens with one attached hydrogen (secondary N) is 1. The van der Waals surface area contributed by atoms with Crippen LogP contribution >= 0.6 is 0 Å². The standard InChI is InChI=1S/C6H17N2OSi.K/c1-10(9)6-2-4-8-5-3-7;/h8,10H,2-7H2,1H3;/q-1;+1. The Morgan fingerprint density at radius 2 is 2.09 bits per heavy atom. The Bertz CT molecular complexity index is 75.6. The fourth-order valence-electron chi connectivity index (χ4n) is 0.742. The van der Waals surface area contributed by atoms with Crippen molar-refractivity contribution in [3.05, 3.63) is 0 Å². The Hall–Kier alpha value is 1.73. The van der Waals surface area contributed by atoms with Crippen LogP contribution in [0.1, 0.15) is 6.42 Å². The first-order valence-corrected chi connectivity index (χ1v) is 6.28. The van der Waals surface area contributed by atoms with Gasteiger partial charge in [-0.2, -0.15) is 0 Å². The Morgan fingerprint density at radius 3 is 2.55 bits per heavy atom. The molecule has 0 fully saturated rings. The van der Waals surface area contributed by atoms with Gasteiger partial charge in [0.25, 0.3) is 0 Å². The van der Waals surface area contributed by atoms with Gasteiger partial charge in [0.05, 0.1) is 0 Å². The maximum atomic E-state index is 10.6. The molecule has 0 aliphatic rings. The van der Waals surface area contributed by atoms with E-state index in [1.807, 2.05) is 6.55 Å². The van der Waals surface area contributed by atoms with Crippen LogP contribution in [-0.2, 0) is 0 Å². The summed E-state index contributed by atoms with van der Waals surface area (Å²) < 4.78 is 0. The minimum Gasteiger partial charge on any atom is -0.861 e. The van der Waals surface area contributed by atoms with E-state index < -0.39 is 9.04 Å². The molecule has 0 spiro atoms. The minimum absolute atomic E-state index is 0. The molecule has 0 aliphatic heterocycles. The molecule has 0 aromatic heterocycles. The summed E-state index contributed by atoms with van der Waals surface area (Å²) in [6.45, 7) is 4.35. The molecule has 3 nitrogen and oxygen atoms in total. The molecule has 0 rings (SSSR count). The molecule has 11 heavy (non-hydrogen) atoms. The van der Waals surface area contributed by atoms with E-state index in [0.717, 1.165) is 25.6 Å². The van der Waals surface area contributed by atoms with E-state index in [0.29, 0.717) is 6.54 Å². The van der Waals surface area contributed by atoms with Gasteiger partial charge >= 0.3 is 51.4 Å². The van der Waals surface area contributed by atoms with Crippen molar-refractivity contribution in [1.29, 1.82) is 0 Å². The van der Waals surface area contributed by atoms with Crippen LogP contribution in [0.3, 0.4) is 0 Å². The van der Waals surface area contributed by atoms with Crippen molar-refractivity contribution in [1.82, 2.24) is 5.32 Å². The zero-order chi connectivity index (χ0) is 7.82. The first kappa shape index (κ1) is 15.2. The Morgan fingerprint density at radius 1 is 1.45 bits per heavy atom. The summed E-state index contributed by atoms with van der Waals surface area (Å²) in [4.78, 5) is 10.6. The summed E-state index contributed by atoms with van der Waals surface area (Å²) in [5.41, 5.74) is 5.25. The molecule has 0 saturated carbocycles. The topological polar surface area (TPSA) is 61.1 Å². The third kappa shape index (κ3) is 14.6. The van der Waals surface area contributed by atoms with Gasteiger partial charge < -0.3 is 15.8 Å². The number of rotatable bonds is 6. The van der Waals surface area contributed by atoms with Gasteiger partial charge in [-0.05, 0) is 13.0 Å². The second kappa shape index (κ2) is 11.7. The van der Waals surface area contributed by atoms with Crippen molar-refractivity contribution in [2.75, 3.05) is 19.6 Å². The molecule has 0 bridgehead atoms. The van der Waals surface area contributed by atoms with Gasteiger partial charge in [0.1, 0.15) is 0 Å². The van der Waals surface area contributed by atoms with Crippen molar-refractivity contribution in [3.8, 4) is 0 Å². The van der Waals surface area contributed by atoms with Crippen molar-refractivity contribution in [3.63, 3.8) is 0 Å². The number of hydrogen-bond acceptors (Lipinski definition) is 3. The van der Waals surface area contributed by atoms with Crippen LogP contribution in [0.5, 0.6) is 0 Å². The van der Waals surface area contributed by atoms with Crippen LogP contribution in [-0.4, -0.2) is 28.7 Å². The van der Waals surface area contributed by atoms with Gasteiger partial charge in [-0.1, -0.05) is 21.6 Å². The smallest absolute Gasteiger partial charge is 0.861 e. The fraction of sp³-hybridized carbons (Fsp3) is 1.00. The van der Waals surface area contributed by atoms with Crippen LogP contribution in [0.4, 0.5) is 0 Å². The monoisotopic (exact) mass is 200 g/mol. The Kier molecular flexibility index (Phi) is 16.2. The van der Waals surface area contributed by atoms with E-state index in [-0.39, 0.29) is 51.4 Å².